The molecule has 3 N–H and O–H groups in total. The lowest BCUT2D eigenvalue weighted by molar-refractivity contribution is -0.139. The van der Waals surface area contributed by atoms with Crippen molar-refractivity contribution in [3.8, 4) is 0 Å². The molecule has 0 aliphatic carbocycles. The monoisotopic (exact) mass is 511 g/mol. The van der Waals surface area contributed by atoms with Crippen LogP contribution in [-0.2, 0) is 22.4 Å². The van der Waals surface area contributed by atoms with E-state index in [1.807, 2.05) is 4.90 Å². The number of unbranched alkanes of at least 4 members (excludes halogenated alkanes) is 1. The van der Waals surface area contributed by atoms with Gasteiger partial charge in [-0.15, -0.1) is 0 Å². The molecule has 0 unspecified atom stereocenters. The molecule has 1 saturated heterocycles. The van der Waals surface area contributed by atoms with Gasteiger partial charge in [-0.3, -0.25) is 0 Å². The number of pyridine rings is 1. The minimum Gasteiger partial charge on any atom is -0.480 e. The van der Waals surface area contributed by atoms with Gasteiger partial charge in [-0.05, 0) is 63.1 Å². The first-order chi connectivity index (χ1) is 17.4. The summed E-state index contributed by atoms with van der Waals surface area (Å²) >= 11 is 0. The average molecular weight is 512 g/mol. The van der Waals surface area contributed by atoms with Crippen LogP contribution in [0.15, 0.2) is 12.1 Å². The summed E-state index contributed by atoms with van der Waals surface area (Å²) in [6.45, 7) is 2.14. The number of aryl methyl sites for hydroxylation is 2. The number of carboxylic acids is 1. The second-order valence-corrected chi connectivity index (χ2v) is 9.61. The highest BCUT2D eigenvalue weighted by Crippen LogP contribution is 2.20. The molecule has 1 aromatic rings. The Kier molecular flexibility index (Phi) is 11.1. The normalized spacial score (nSPS) is 19.0. The first-order valence-corrected chi connectivity index (χ1v) is 12.9. The number of ether oxygens (including phenoxy) is 1. The third-order valence-corrected chi connectivity index (χ3v) is 6.66. The Labute approximate surface area is 211 Å². The summed E-state index contributed by atoms with van der Waals surface area (Å²) in [5.41, 5.74) is 2.26. The van der Waals surface area contributed by atoms with Gasteiger partial charge in [0.1, 0.15) is 24.2 Å². The minimum absolute atomic E-state index is 0.0278. The van der Waals surface area contributed by atoms with E-state index in [4.69, 9.17) is 9.72 Å². The van der Waals surface area contributed by atoms with E-state index in [1.165, 1.54) is 17.6 Å². The number of alkyl halides is 2. The molecule has 36 heavy (non-hydrogen) atoms. The predicted molar refractivity (Wildman–Crippen MR) is 133 cm³/mol. The quantitative estimate of drug-likeness (QED) is 0.330. The molecule has 202 valence electrons. The number of carbonyl (C=O) groups is 2. The number of urea groups is 1. The summed E-state index contributed by atoms with van der Waals surface area (Å²) in [7, 11) is 1.44. The number of rotatable bonds is 14. The van der Waals surface area contributed by atoms with E-state index < -0.39 is 30.4 Å². The van der Waals surface area contributed by atoms with Crippen LogP contribution in [0.4, 0.5) is 19.4 Å². The largest absolute Gasteiger partial charge is 0.480 e. The molecule has 1 fully saturated rings. The molecule has 0 radical (unpaired) electrons. The van der Waals surface area contributed by atoms with E-state index in [2.05, 4.69) is 22.8 Å². The molecule has 2 amide bonds. The van der Waals surface area contributed by atoms with Gasteiger partial charge in [0.05, 0.1) is 13.2 Å². The fraction of sp³-hybridized carbons (Fsp3) is 0.720. The van der Waals surface area contributed by atoms with Crippen molar-refractivity contribution in [1.82, 2.24) is 20.1 Å². The number of aliphatic carboxylic acids is 1. The number of carboxylic acid groups (broad SMARTS) is 1. The summed E-state index contributed by atoms with van der Waals surface area (Å²) in [5.74, 6) is -0.196. The van der Waals surface area contributed by atoms with Crippen molar-refractivity contribution in [2.45, 2.75) is 63.3 Å². The summed E-state index contributed by atoms with van der Waals surface area (Å²) in [5, 5.41) is 15.4. The second kappa shape index (κ2) is 14.3. The molecule has 0 bridgehead atoms. The number of likely N-dealkylation sites (tertiary alicyclic amines) is 1. The van der Waals surface area contributed by atoms with E-state index in [-0.39, 0.29) is 39.1 Å². The molecule has 0 spiro atoms. The highest BCUT2D eigenvalue weighted by Gasteiger charge is 2.29. The molecule has 1 aromatic heterocycles. The van der Waals surface area contributed by atoms with Gasteiger partial charge in [0.25, 0.3) is 0 Å². The standard InChI is InChI=1S/C25H39F2N5O4/c1-36-17-20(27)15-31(12-3-2-6-21-8-7-18-5-4-11-28-23(18)29-21)13-10-22(24(33)34)30-25(35)32-14-9-19(26)16-32/h7-8,19-20,22H,2-6,9-17H2,1H3,(H,28,29)(H,30,35)(H,33,34)/t19-,20+,22+/m1/s1. The highest BCUT2D eigenvalue weighted by atomic mass is 19.1. The number of amides is 2. The van der Waals surface area contributed by atoms with Crippen LogP contribution < -0.4 is 10.6 Å². The van der Waals surface area contributed by atoms with Crippen LogP contribution in [-0.4, -0.2) is 103 Å². The fourth-order valence-electron chi connectivity index (χ4n) is 4.67. The van der Waals surface area contributed by atoms with E-state index in [0.717, 1.165) is 50.2 Å². The lowest BCUT2D eigenvalue weighted by atomic mass is 10.1. The smallest absolute Gasteiger partial charge is 0.326 e. The van der Waals surface area contributed by atoms with E-state index in [0.29, 0.717) is 13.1 Å². The van der Waals surface area contributed by atoms with Crippen molar-refractivity contribution in [1.29, 1.82) is 0 Å². The molecule has 2 aliphatic rings. The first kappa shape index (κ1) is 28.0. The molecule has 0 saturated carbocycles. The predicted octanol–water partition coefficient (Wildman–Crippen LogP) is 2.65. The Balaban J connectivity index is 1.48. The first-order valence-electron chi connectivity index (χ1n) is 12.9. The summed E-state index contributed by atoms with van der Waals surface area (Å²) in [6.07, 6.45) is 2.72. The topological polar surface area (TPSA) is 107 Å². The third kappa shape index (κ3) is 8.85. The maximum absolute atomic E-state index is 14.3. The van der Waals surface area contributed by atoms with Gasteiger partial charge in [-0.1, -0.05) is 6.07 Å². The van der Waals surface area contributed by atoms with Gasteiger partial charge in [-0.25, -0.2) is 23.4 Å². The number of methoxy groups -OCH3 is 1. The molecule has 2 aliphatic heterocycles. The van der Waals surface area contributed by atoms with Gasteiger partial charge in [0, 0.05) is 39.0 Å². The molecule has 11 heteroatoms. The van der Waals surface area contributed by atoms with Crippen molar-refractivity contribution in [3.05, 3.63) is 23.4 Å². The van der Waals surface area contributed by atoms with E-state index in [1.54, 1.807) is 0 Å². The Morgan fingerprint density at radius 2 is 2.19 bits per heavy atom. The zero-order valence-corrected chi connectivity index (χ0v) is 21.1. The zero-order valence-electron chi connectivity index (χ0n) is 21.1. The number of anilines is 1. The van der Waals surface area contributed by atoms with Crippen molar-refractivity contribution >= 4 is 17.8 Å². The Morgan fingerprint density at radius 3 is 2.92 bits per heavy atom. The van der Waals surface area contributed by atoms with Crippen LogP contribution in [0.5, 0.6) is 0 Å². The molecule has 0 aromatic carbocycles. The lowest BCUT2D eigenvalue weighted by Gasteiger charge is -2.26. The van der Waals surface area contributed by atoms with Crippen LogP contribution in [0.25, 0.3) is 0 Å². The van der Waals surface area contributed by atoms with Crippen LogP contribution >= 0.6 is 0 Å². The number of fused-ring (bicyclic) bond motifs is 1. The van der Waals surface area contributed by atoms with Crippen LogP contribution in [0, 0.1) is 0 Å². The summed E-state index contributed by atoms with van der Waals surface area (Å²) in [6, 6.07) is 2.48. The number of carbonyl (C=O) groups excluding carboxylic acids is 1. The number of nitrogens with zero attached hydrogens (tertiary/aromatic N) is 3. The maximum Gasteiger partial charge on any atom is 0.326 e. The SMILES string of the molecule is COC[C@@H](F)CN(CCCCc1ccc2c(n1)NCCC2)CC[C@H](NC(=O)N1CC[C@@H](F)C1)C(=O)O. The number of halogens is 2. The van der Waals surface area contributed by atoms with E-state index in [9.17, 15) is 23.5 Å². The fourth-order valence-corrected chi connectivity index (χ4v) is 4.67. The van der Waals surface area contributed by atoms with Crippen molar-refractivity contribution < 1.29 is 28.2 Å². The van der Waals surface area contributed by atoms with Crippen molar-refractivity contribution in [3.63, 3.8) is 0 Å². The van der Waals surface area contributed by atoms with Gasteiger partial charge >= 0.3 is 12.0 Å². The molecule has 3 heterocycles. The van der Waals surface area contributed by atoms with Crippen LogP contribution in [0.1, 0.15) is 43.4 Å². The number of nitrogens with one attached hydrogen (secondary N) is 2. The van der Waals surface area contributed by atoms with Gasteiger partial charge in [0.2, 0.25) is 0 Å². The second-order valence-electron chi connectivity index (χ2n) is 9.61. The molecule has 3 atom stereocenters. The zero-order chi connectivity index (χ0) is 25.9. The Morgan fingerprint density at radius 1 is 1.36 bits per heavy atom. The molecule has 3 rings (SSSR count). The maximum atomic E-state index is 14.3. The highest BCUT2D eigenvalue weighted by molar-refractivity contribution is 5.82. The van der Waals surface area contributed by atoms with Crippen LogP contribution in [0.2, 0.25) is 0 Å². The lowest BCUT2D eigenvalue weighted by Crippen LogP contribution is -2.48. The summed E-state index contributed by atoms with van der Waals surface area (Å²) in [4.78, 5) is 32.0. The number of hydrogen-bond acceptors (Lipinski definition) is 6. The average Bonchev–Trinajstić information content (AvgIpc) is 3.30. The third-order valence-electron chi connectivity index (χ3n) is 6.66. The molecule has 9 nitrogen and oxygen atoms in total. The van der Waals surface area contributed by atoms with Gasteiger partial charge < -0.3 is 30.3 Å². The molecular weight excluding hydrogens is 472 g/mol. The van der Waals surface area contributed by atoms with Gasteiger partial charge in [-0.2, -0.15) is 0 Å². The Hall–Kier alpha value is -2.53. The number of aromatic nitrogens is 1. The van der Waals surface area contributed by atoms with Crippen molar-refractivity contribution in [2.75, 3.05) is 58.3 Å². The summed E-state index contributed by atoms with van der Waals surface area (Å²) < 4.78 is 32.6. The van der Waals surface area contributed by atoms with Crippen molar-refractivity contribution in [2.24, 2.45) is 0 Å². The number of hydrogen-bond donors (Lipinski definition) is 3. The van der Waals surface area contributed by atoms with Crippen LogP contribution in [0.3, 0.4) is 0 Å². The minimum atomic E-state index is -1.20. The molecular formula is C25H39F2N5O4. The van der Waals surface area contributed by atoms with E-state index >= 15 is 0 Å². The Bertz CT molecular complexity index is 862. The van der Waals surface area contributed by atoms with Gasteiger partial charge in [0.15, 0.2) is 0 Å².